The van der Waals surface area contributed by atoms with Crippen LogP contribution in [0.4, 0.5) is 0 Å². The third kappa shape index (κ3) is 13.9. The van der Waals surface area contributed by atoms with Crippen LogP contribution in [0, 0.1) is 0 Å². The molecule has 0 N–H and O–H groups in total. The number of unbranched alkanes of at least 4 members (excludes halogenated alkanes) is 8. The van der Waals surface area contributed by atoms with Crippen molar-refractivity contribution in [1.82, 2.24) is 0 Å². The zero-order valence-electron chi connectivity index (χ0n) is 12.9. The highest BCUT2D eigenvalue weighted by Crippen LogP contribution is 2.11. The van der Waals surface area contributed by atoms with Crippen LogP contribution in [0.15, 0.2) is 9.04 Å². The lowest BCUT2D eigenvalue weighted by Gasteiger charge is -2.02. The third-order valence-electron chi connectivity index (χ3n) is 3.13. The van der Waals surface area contributed by atoms with E-state index in [0.29, 0.717) is 12.8 Å². The van der Waals surface area contributed by atoms with E-state index in [9.17, 15) is 16.8 Å². The topological polar surface area (TPSA) is 166 Å². The fourth-order valence-electron chi connectivity index (χ4n) is 2.00. The summed E-state index contributed by atoms with van der Waals surface area (Å²) in [6.07, 6.45) is 7.31. The molecule has 0 aliphatic carbocycles. The number of nitrogens with zero attached hydrogens (tertiary/aromatic N) is 6. The van der Waals surface area contributed by atoms with Crippen LogP contribution in [0.3, 0.4) is 0 Å². The van der Waals surface area contributed by atoms with Crippen LogP contribution in [-0.2, 0) is 20.0 Å². The summed E-state index contributed by atoms with van der Waals surface area (Å²) in [6.45, 7) is 0. The molecule has 132 valence electrons. The maximum atomic E-state index is 11.1. The molecule has 23 heavy (non-hydrogen) atoms. The summed E-state index contributed by atoms with van der Waals surface area (Å²) in [7, 11) is -7.25. The summed E-state index contributed by atoms with van der Waals surface area (Å²) in [6, 6.07) is 0. The smallest absolute Gasteiger partial charge is 0.221 e. The van der Waals surface area contributed by atoms with E-state index in [1.165, 1.54) is 0 Å². The molecule has 0 unspecified atom stereocenters. The lowest BCUT2D eigenvalue weighted by Crippen LogP contribution is -2.01. The molecule has 0 aromatic rings. The second-order valence-corrected chi connectivity index (χ2v) is 8.57. The highest BCUT2D eigenvalue weighted by Gasteiger charge is 2.07. The molecule has 0 fully saturated rings. The van der Waals surface area contributed by atoms with Gasteiger partial charge in [-0.2, -0.15) is 0 Å². The number of hydrogen-bond donors (Lipinski definition) is 0. The van der Waals surface area contributed by atoms with Gasteiger partial charge in [-0.3, -0.25) is 0 Å². The molecule has 10 nitrogen and oxygen atoms in total. The van der Waals surface area contributed by atoms with Crippen molar-refractivity contribution in [1.29, 1.82) is 0 Å². The summed E-state index contributed by atoms with van der Waals surface area (Å²) in [5.74, 6) is -0.229. The van der Waals surface area contributed by atoms with Crippen LogP contribution in [0.1, 0.15) is 57.8 Å². The molecule has 0 amide bonds. The molecule has 0 atom stereocenters. The average molecular weight is 366 g/mol. The van der Waals surface area contributed by atoms with Crippen molar-refractivity contribution in [2.45, 2.75) is 57.8 Å². The maximum absolute atomic E-state index is 11.1. The molecule has 0 saturated carbocycles. The maximum Gasteiger partial charge on any atom is 0.235 e. The second-order valence-electron chi connectivity index (χ2n) is 5.10. The van der Waals surface area contributed by atoms with Gasteiger partial charge in [0.25, 0.3) is 0 Å². The largest absolute Gasteiger partial charge is 0.235 e. The van der Waals surface area contributed by atoms with Gasteiger partial charge in [-0.05, 0) is 23.9 Å². The minimum absolute atomic E-state index is 0.114. The van der Waals surface area contributed by atoms with Gasteiger partial charge in [0.15, 0.2) is 0 Å². The molecular formula is C11H22N6O4S2. The lowest BCUT2D eigenvalue weighted by atomic mass is 10.1. The van der Waals surface area contributed by atoms with Gasteiger partial charge in [-0.1, -0.05) is 44.9 Å². The van der Waals surface area contributed by atoms with Crippen LogP contribution in [-0.4, -0.2) is 28.3 Å². The van der Waals surface area contributed by atoms with Gasteiger partial charge in [-0.25, -0.2) is 16.8 Å². The Labute approximate surface area is 136 Å². The van der Waals surface area contributed by atoms with Crippen LogP contribution >= 0.6 is 0 Å². The average Bonchev–Trinajstić information content (AvgIpc) is 2.44. The number of azide groups is 2. The van der Waals surface area contributed by atoms with Crippen molar-refractivity contribution in [2.24, 2.45) is 9.04 Å². The van der Waals surface area contributed by atoms with Gasteiger partial charge in [-0.15, -0.1) is 0 Å². The Hall–Kier alpha value is -1.48. The zero-order chi connectivity index (χ0) is 17.6. The van der Waals surface area contributed by atoms with Crippen LogP contribution in [0.2, 0.25) is 0 Å². The molecule has 0 saturated heterocycles. The Morgan fingerprint density at radius 3 is 1.09 bits per heavy atom. The highest BCUT2D eigenvalue weighted by molar-refractivity contribution is 7.90. The molecule has 0 aliphatic rings. The Morgan fingerprint density at radius 2 is 0.826 bits per heavy atom. The normalized spacial score (nSPS) is 11.5. The number of sulfonamides is 2. The Balaban J connectivity index is 3.48. The van der Waals surface area contributed by atoms with Crippen LogP contribution < -0.4 is 0 Å². The Morgan fingerprint density at radius 1 is 0.565 bits per heavy atom. The van der Waals surface area contributed by atoms with Crippen molar-refractivity contribution in [2.75, 3.05) is 11.5 Å². The first-order valence-corrected chi connectivity index (χ1v) is 10.6. The summed E-state index contributed by atoms with van der Waals surface area (Å²) >= 11 is 0. The van der Waals surface area contributed by atoms with Crippen molar-refractivity contribution < 1.29 is 16.8 Å². The quantitative estimate of drug-likeness (QED) is 0.197. The third-order valence-corrected chi connectivity index (χ3v) is 5.38. The van der Waals surface area contributed by atoms with Gasteiger partial charge >= 0.3 is 0 Å². The molecule has 0 radical (unpaired) electrons. The van der Waals surface area contributed by atoms with E-state index in [-0.39, 0.29) is 11.5 Å². The van der Waals surface area contributed by atoms with Crippen LogP contribution in [0.25, 0.3) is 20.9 Å². The predicted octanol–water partition coefficient (Wildman–Crippen LogP) is 3.78. The van der Waals surface area contributed by atoms with E-state index in [1.807, 2.05) is 0 Å². The first kappa shape index (κ1) is 21.5. The minimum atomic E-state index is -3.63. The number of rotatable bonds is 14. The SMILES string of the molecule is [N-]=[N+]=NS(=O)(=O)CCCCCCCCCCCS(=O)(=O)N=[N+]=[N-]. The molecule has 0 bridgehead atoms. The first-order chi connectivity index (χ1) is 10.8. The molecule has 0 spiro atoms. The van der Waals surface area contributed by atoms with E-state index in [1.54, 1.807) is 0 Å². The molecule has 0 aromatic heterocycles. The molecule has 0 heterocycles. The van der Waals surface area contributed by atoms with Gasteiger partial charge in [0.1, 0.15) is 0 Å². The van der Waals surface area contributed by atoms with Gasteiger partial charge in [0.2, 0.25) is 20.0 Å². The molecular weight excluding hydrogens is 344 g/mol. The monoisotopic (exact) mass is 366 g/mol. The molecule has 0 aromatic carbocycles. The standard InChI is InChI=1S/C11H22N6O4S2/c12-14-16-22(18,19)10-8-6-4-2-1-3-5-7-9-11-23(20,21)17-15-13/h1-11H2. The number of hydrogen-bond acceptors (Lipinski definition) is 4. The predicted molar refractivity (Wildman–Crippen MR) is 87.4 cm³/mol. The van der Waals surface area contributed by atoms with E-state index in [4.69, 9.17) is 11.1 Å². The van der Waals surface area contributed by atoms with E-state index < -0.39 is 20.0 Å². The fraction of sp³-hybridized carbons (Fsp3) is 1.00. The Kier molecular flexibility index (Phi) is 11.2. The van der Waals surface area contributed by atoms with Crippen molar-refractivity contribution in [3.8, 4) is 0 Å². The second kappa shape index (κ2) is 12.0. The Bertz CT molecular complexity index is 577. The zero-order valence-corrected chi connectivity index (χ0v) is 14.5. The van der Waals surface area contributed by atoms with E-state index in [2.05, 4.69) is 18.9 Å². The van der Waals surface area contributed by atoms with E-state index in [0.717, 1.165) is 44.9 Å². The first-order valence-electron chi connectivity index (χ1n) is 7.41. The van der Waals surface area contributed by atoms with Crippen molar-refractivity contribution in [3.63, 3.8) is 0 Å². The van der Waals surface area contributed by atoms with Gasteiger partial charge in [0.05, 0.1) is 11.5 Å². The fourth-order valence-corrected chi connectivity index (χ4v) is 3.52. The highest BCUT2D eigenvalue weighted by atomic mass is 32.2. The van der Waals surface area contributed by atoms with Crippen LogP contribution in [0.5, 0.6) is 0 Å². The molecule has 0 rings (SSSR count). The minimum Gasteiger partial charge on any atom is -0.221 e. The van der Waals surface area contributed by atoms with Crippen molar-refractivity contribution >= 4 is 20.0 Å². The van der Waals surface area contributed by atoms with E-state index >= 15 is 0 Å². The lowest BCUT2D eigenvalue weighted by molar-refractivity contribution is 0.561. The van der Waals surface area contributed by atoms with Gasteiger partial charge in [0, 0.05) is 18.9 Å². The summed E-state index contributed by atoms with van der Waals surface area (Å²) in [5.41, 5.74) is 16.1. The van der Waals surface area contributed by atoms with Crippen molar-refractivity contribution in [3.05, 3.63) is 20.9 Å². The molecule has 0 aliphatic heterocycles. The summed E-state index contributed by atoms with van der Waals surface area (Å²) in [4.78, 5) is 4.55. The van der Waals surface area contributed by atoms with Gasteiger partial charge < -0.3 is 0 Å². The molecule has 12 heteroatoms. The summed E-state index contributed by atoms with van der Waals surface area (Å²) in [5, 5.41) is 0. The summed E-state index contributed by atoms with van der Waals surface area (Å²) < 4.78 is 49.8.